The number of hydrogen-bond donors (Lipinski definition) is 1. The number of likely N-dealkylation sites (tertiary alicyclic amines) is 1. The molecule has 3 nitrogen and oxygen atoms in total. The van der Waals surface area contributed by atoms with E-state index in [1.165, 1.54) is 25.7 Å². The van der Waals surface area contributed by atoms with Crippen molar-refractivity contribution in [2.75, 3.05) is 13.1 Å². The van der Waals surface area contributed by atoms with Gasteiger partial charge in [-0.3, -0.25) is 9.69 Å². The number of Topliss-reactive ketones (excluding diaryl/α,β-unsaturated/α-hetero) is 1. The van der Waals surface area contributed by atoms with E-state index in [1.54, 1.807) is 6.20 Å². The van der Waals surface area contributed by atoms with E-state index in [4.69, 9.17) is 0 Å². The maximum absolute atomic E-state index is 12.0. The zero-order chi connectivity index (χ0) is 11.4. The molecular weight excluding hydrogens is 200 g/mol. The monoisotopic (exact) mass is 220 g/mol. The van der Waals surface area contributed by atoms with Gasteiger partial charge in [-0.1, -0.05) is 12.8 Å². The highest BCUT2D eigenvalue weighted by molar-refractivity contribution is 5.95. The summed E-state index contributed by atoms with van der Waals surface area (Å²) in [7, 11) is 0. The van der Waals surface area contributed by atoms with Crippen LogP contribution in [0.3, 0.4) is 0 Å². The molecule has 1 aliphatic rings. The van der Waals surface area contributed by atoms with Gasteiger partial charge in [0.1, 0.15) is 0 Å². The summed E-state index contributed by atoms with van der Waals surface area (Å²) in [6.45, 7) is 3.85. The first-order chi connectivity index (χ1) is 7.77. The van der Waals surface area contributed by atoms with Crippen molar-refractivity contribution in [3.8, 4) is 0 Å². The van der Waals surface area contributed by atoms with Gasteiger partial charge in [-0.15, -0.1) is 0 Å². The third-order valence-electron chi connectivity index (χ3n) is 3.44. The molecule has 1 unspecified atom stereocenters. The Labute approximate surface area is 96.8 Å². The van der Waals surface area contributed by atoms with Gasteiger partial charge < -0.3 is 4.98 Å². The number of aromatic amines is 1. The molecular formula is C13H20N2O. The van der Waals surface area contributed by atoms with Crippen LogP contribution in [0.25, 0.3) is 0 Å². The van der Waals surface area contributed by atoms with Crippen LogP contribution >= 0.6 is 0 Å². The zero-order valence-corrected chi connectivity index (χ0v) is 9.91. The number of rotatable bonds is 3. The number of H-pyrrole nitrogens is 1. The number of carbonyl (C=O) groups is 1. The summed E-state index contributed by atoms with van der Waals surface area (Å²) in [5, 5.41) is 0. The molecule has 1 aromatic rings. The van der Waals surface area contributed by atoms with Crippen LogP contribution in [0.1, 0.15) is 43.1 Å². The van der Waals surface area contributed by atoms with Crippen LogP contribution in [0.2, 0.25) is 0 Å². The highest BCUT2D eigenvalue weighted by Gasteiger charge is 2.20. The minimum absolute atomic E-state index is 0.207. The molecule has 1 fully saturated rings. The molecule has 0 bridgehead atoms. The SMILES string of the molecule is CC1CCCCCN1CC(=O)c1ccc[nH]1. The highest BCUT2D eigenvalue weighted by atomic mass is 16.1. The summed E-state index contributed by atoms with van der Waals surface area (Å²) >= 11 is 0. The Morgan fingerprint density at radius 3 is 3.12 bits per heavy atom. The van der Waals surface area contributed by atoms with Crippen LogP contribution < -0.4 is 0 Å². The molecule has 0 saturated carbocycles. The van der Waals surface area contributed by atoms with Crippen molar-refractivity contribution in [3.63, 3.8) is 0 Å². The second kappa shape index (κ2) is 5.30. The van der Waals surface area contributed by atoms with Crippen LogP contribution in [0, 0.1) is 0 Å². The molecule has 1 aliphatic heterocycles. The minimum Gasteiger partial charge on any atom is -0.359 e. The van der Waals surface area contributed by atoms with Crippen LogP contribution in [0.15, 0.2) is 18.3 Å². The summed E-state index contributed by atoms with van der Waals surface area (Å²) < 4.78 is 0. The van der Waals surface area contributed by atoms with E-state index >= 15 is 0 Å². The summed E-state index contributed by atoms with van der Waals surface area (Å²) in [4.78, 5) is 17.3. The Bertz CT molecular complexity index is 332. The van der Waals surface area contributed by atoms with Gasteiger partial charge in [0.05, 0.1) is 12.2 Å². The molecule has 2 rings (SSSR count). The van der Waals surface area contributed by atoms with Gasteiger partial charge in [0, 0.05) is 12.2 Å². The van der Waals surface area contributed by atoms with Gasteiger partial charge in [0.15, 0.2) is 5.78 Å². The van der Waals surface area contributed by atoms with Gasteiger partial charge in [0.25, 0.3) is 0 Å². The van der Waals surface area contributed by atoms with Crippen molar-refractivity contribution >= 4 is 5.78 Å². The topological polar surface area (TPSA) is 36.1 Å². The zero-order valence-electron chi connectivity index (χ0n) is 9.91. The van der Waals surface area contributed by atoms with E-state index < -0.39 is 0 Å². The molecule has 88 valence electrons. The lowest BCUT2D eigenvalue weighted by Crippen LogP contribution is -2.37. The maximum Gasteiger partial charge on any atom is 0.192 e. The number of nitrogens with one attached hydrogen (secondary N) is 1. The Kier molecular flexibility index (Phi) is 3.78. The number of ketones is 1. The molecule has 3 heteroatoms. The molecule has 0 amide bonds. The largest absolute Gasteiger partial charge is 0.359 e. The summed E-state index contributed by atoms with van der Waals surface area (Å²) in [6, 6.07) is 4.27. The van der Waals surface area contributed by atoms with E-state index in [9.17, 15) is 4.79 Å². The number of nitrogens with zero attached hydrogens (tertiary/aromatic N) is 1. The number of carbonyl (C=O) groups excluding carboxylic acids is 1. The van der Waals surface area contributed by atoms with Crippen molar-refractivity contribution in [2.45, 2.75) is 38.6 Å². The fourth-order valence-corrected chi connectivity index (χ4v) is 2.34. The fraction of sp³-hybridized carbons (Fsp3) is 0.615. The first-order valence-corrected chi connectivity index (χ1v) is 6.18. The molecule has 1 aromatic heterocycles. The highest BCUT2D eigenvalue weighted by Crippen LogP contribution is 2.16. The Morgan fingerprint density at radius 2 is 2.38 bits per heavy atom. The van der Waals surface area contributed by atoms with Gasteiger partial charge in [-0.05, 0) is 38.4 Å². The maximum atomic E-state index is 12.0. The molecule has 1 atom stereocenters. The van der Waals surface area contributed by atoms with E-state index in [0.717, 1.165) is 12.2 Å². The van der Waals surface area contributed by atoms with Gasteiger partial charge >= 0.3 is 0 Å². The summed E-state index contributed by atoms with van der Waals surface area (Å²) in [5.74, 6) is 0.207. The Balaban J connectivity index is 1.95. The molecule has 1 N–H and O–H groups in total. The third kappa shape index (κ3) is 2.73. The number of aromatic nitrogens is 1. The standard InChI is InChI=1S/C13H20N2O/c1-11-6-3-2-4-9-15(11)10-13(16)12-7-5-8-14-12/h5,7-8,11,14H,2-4,6,9-10H2,1H3. The van der Waals surface area contributed by atoms with Gasteiger partial charge in [-0.25, -0.2) is 0 Å². The molecule has 2 heterocycles. The molecule has 0 spiro atoms. The molecule has 16 heavy (non-hydrogen) atoms. The predicted octanol–water partition coefficient (Wildman–Crippen LogP) is 2.46. The average Bonchev–Trinajstić information content (AvgIpc) is 2.73. The molecule has 0 aromatic carbocycles. The Morgan fingerprint density at radius 1 is 1.50 bits per heavy atom. The second-order valence-electron chi connectivity index (χ2n) is 4.68. The van der Waals surface area contributed by atoms with E-state index in [-0.39, 0.29) is 5.78 Å². The predicted molar refractivity (Wildman–Crippen MR) is 64.6 cm³/mol. The van der Waals surface area contributed by atoms with Crippen LogP contribution in [-0.2, 0) is 0 Å². The summed E-state index contributed by atoms with van der Waals surface area (Å²) in [5.41, 5.74) is 0.733. The van der Waals surface area contributed by atoms with Crippen LogP contribution in [0.5, 0.6) is 0 Å². The molecule has 1 saturated heterocycles. The van der Waals surface area contributed by atoms with Crippen molar-refractivity contribution in [1.29, 1.82) is 0 Å². The van der Waals surface area contributed by atoms with E-state index in [2.05, 4.69) is 16.8 Å². The minimum atomic E-state index is 0.207. The van der Waals surface area contributed by atoms with Crippen LogP contribution in [0.4, 0.5) is 0 Å². The van der Waals surface area contributed by atoms with Crippen molar-refractivity contribution < 1.29 is 4.79 Å². The first-order valence-electron chi connectivity index (χ1n) is 6.18. The molecule has 0 aliphatic carbocycles. The fourth-order valence-electron chi connectivity index (χ4n) is 2.34. The number of hydrogen-bond acceptors (Lipinski definition) is 2. The first kappa shape index (κ1) is 11.4. The third-order valence-corrected chi connectivity index (χ3v) is 3.44. The van der Waals surface area contributed by atoms with E-state index in [1.807, 2.05) is 12.1 Å². The van der Waals surface area contributed by atoms with Crippen molar-refractivity contribution in [3.05, 3.63) is 24.0 Å². The van der Waals surface area contributed by atoms with Gasteiger partial charge in [-0.2, -0.15) is 0 Å². The summed E-state index contributed by atoms with van der Waals surface area (Å²) in [6.07, 6.45) is 6.85. The smallest absolute Gasteiger partial charge is 0.192 e. The normalized spacial score (nSPS) is 22.9. The quantitative estimate of drug-likeness (QED) is 0.794. The van der Waals surface area contributed by atoms with E-state index in [0.29, 0.717) is 12.6 Å². The molecule has 0 radical (unpaired) electrons. The lowest BCUT2D eigenvalue weighted by molar-refractivity contribution is 0.0897. The second-order valence-corrected chi connectivity index (χ2v) is 4.68. The van der Waals surface area contributed by atoms with Crippen LogP contribution in [-0.4, -0.2) is 34.8 Å². The van der Waals surface area contributed by atoms with Gasteiger partial charge in [0.2, 0.25) is 0 Å². The average molecular weight is 220 g/mol. The van der Waals surface area contributed by atoms with Crippen molar-refractivity contribution in [1.82, 2.24) is 9.88 Å². The van der Waals surface area contributed by atoms with Crippen molar-refractivity contribution in [2.24, 2.45) is 0 Å². The lowest BCUT2D eigenvalue weighted by Gasteiger charge is -2.25. The Hall–Kier alpha value is -1.09. The lowest BCUT2D eigenvalue weighted by atomic mass is 10.1.